The quantitative estimate of drug-likeness (QED) is 0.784. The third kappa shape index (κ3) is 2.43. The molecule has 4 nitrogen and oxygen atoms in total. The van der Waals surface area contributed by atoms with E-state index in [0.717, 1.165) is 17.0 Å². The smallest absolute Gasteiger partial charge is 0.336 e. The molecular formula is C15H19NO3. The number of carbonyl (C=O) groups is 1. The van der Waals surface area contributed by atoms with Gasteiger partial charge in [0.15, 0.2) is 0 Å². The SMILES string of the molecule is CCOC(=O)C1=Cc2ccc(OC)cc2N(C)C1C. The van der Waals surface area contributed by atoms with Crippen molar-refractivity contribution in [2.45, 2.75) is 19.9 Å². The van der Waals surface area contributed by atoms with E-state index in [2.05, 4.69) is 4.90 Å². The lowest BCUT2D eigenvalue weighted by molar-refractivity contribution is -0.138. The van der Waals surface area contributed by atoms with Gasteiger partial charge in [0, 0.05) is 18.8 Å². The number of benzene rings is 1. The van der Waals surface area contributed by atoms with Crippen molar-refractivity contribution in [3.63, 3.8) is 0 Å². The molecule has 0 spiro atoms. The van der Waals surface area contributed by atoms with E-state index >= 15 is 0 Å². The third-order valence-electron chi connectivity index (χ3n) is 3.47. The molecule has 0 saturated heterocycles. The third-order valence-corrected chi connectivity index (χ3v) is 3.47. The molecule has 1 aromatic rings. The first kappa shape index (κ1) is 13.5. The van der Waals surface area contributed by atoms with E-state index in [1.807, 2.05) is 45.2 Å². The fourth-order valence-electron chi connectivity index (χ4n) is 2.23. The van der Waals surface area contributed by atoms with E-state index in [9.17, 15) is 4.79 Å². The molecule has 1 unspecified atom stereocenters. The highest BCUT2D eigenvalue weighted by molar-refractivity contribution is 5.98. The zero-order valence-corrected chi connectivity index (χ0v) is 11.8. The fraction of sp³-hybridized carbons (Fsp3) is 0.400. The van der Waals surface area contributed by atoms with E-state index in [0.29, 0.717) is 12.2 Å². The molecule has 0 aliphatic carbocycles. The van der Waals surface area contributed by atoms with Crippen LogP contribution in [-0.4, -0.2) is 32.8 Å². The average Bonchev–Trinajstić information content (AvgIpc) is 2.42. The normalized spacial score (nSPS) is 17.6. The maximum absolute atomic E-state index is 11.9. The highest BCUT2D eigenvalue weighted by atomic mass is 16.5. The Kier molecular flexibility index (Phi) is 3.79. The molecule has 1 heterocycles. The summed E-state index contributed by atoms with van der Waals surface area (Å²) in [5.74, 6) is 0.564. The van der Waals surface area contributed by atoms with Crippen LogP contribution in [-0.2, 0) is 9.53 Å². The fourth-order valence-corrected chi connectivity index (χ4v) is 2.23. The van der Waals surface area contributed by atoms with Crippen molar-refractivity contribution in [1.82, 2.24) is 0 Å². The van der Waals surface area contributed by atoms with Crippen molar-refractivity contribution in [2.24, 2.45) is 0 Å². The molecule has 1 aliphatic heterocycles. The molecule has 102 valence electrons. The highest BCUT2D eigenvalue weighted by Crippen LogP contribution is 2.34. The number of hydrogen-bond acceptors (Lipinski definition) is 4. The van der Waals surface area contributed by atoms with E-state index in [1.54, 1.807) is 7.11 Å². The van der Waals surface area contributed by atoms with Gasteiger partial charge in [-0.3, -0.25) is 0 Å². The Labute approximate surface area is 113 Å². The average molecular weight is 261 g/mol. The molecule has 1 aliphatic rings. The van der Waals surface area contributed by atoms with Gasteiger partial charge in [-0.1, -0.05) is 0 Å². The molecule has 1 aromatic carbocycles. The van der Waals surface area contributed by atoms with E-state index in [4.69, 9.17) is 9.47 Å². The largest absolute Gasteiger partial charge is 0.497 e. The summed E-state index contributed by atoms with van der Waals surface area (Å²) in [6.07, 6.45) is 1.90. The summed E-state index contributed by atoms with van der Waals surface area (Å²) in [5.41, 5.74) is 2.74. The number of esters is 1. The van der Waals surface area contributed by atoms with Gasteiger partial charge in [-0.2, -0.15) is 0 Å². The van der Waals surface area contributed by atoms with Crippen LogP contribution in [0.3, 0.4) is 0 Å². The minimum absolute atomic E-state index is 0.0151. The second kappa shape index (κ2) is 5.34. The van der Waals surface area contributed by atoms with Gasteiger partial charge in [0.05, 0.1) is 25.3 Å². The summed E-state index contributed by atoms with van der Waals surface area (Å²) in [4.78, 5) is 14.0. The zero-order valence-electron chi connectivity index (χ0n) is 11.8. The van der Waals surface area contributed by atoms with Gasteiger partial charge in [-0.15, -0.1) is 0 Å². The number of nitrogens with zero attached hydrogens (tertiary/aromatic N) is 1. The lowest BCUT2D eigenvalue weighted by atomic mass is 9.96. The predicted octanol–water partition coefficient (Wildman–Crippen LogP) is 2.48. The van der Waals surface area contributed by atoms with Crippen molar-refractivity contribution >= 4 is 17.7 Å². The van der Waals surface area contributed by atoms with E-state index in [-0.39, 0.29) is 12.0 Å². The first-order valence-corrected chi connectivity index (χ1v) is 6.38. The van der Waals surface area contributed by atoms with E-state index < -0.39 is 0 Å². The molecular weight excluding hydrogens is 242 g/mol. The van der Waals surface area contributed by atoms with Crippen LogP contribution in [0.25, 0.3) is 6.08 Å². The molecule has 2 rings (SSSR count). The van der Waals surface area contributed by atoms with Crippen LogP contribution in [0.5, 0.6) is 5.75 Å². The monoisotopic (exact) mass is 261 g/mol. The van der Waals surface area contributed by atoms with E-state index in [1.165, 1.54) is 0 Å². The summed E-state index contributed by atoms with van der Waals surface area (Å²) in [7, 11) is 3.61. The molecule has 0 amide bonds. The summed E-state index contributed by atoms with van der Waals surface area (Å²) in [6.45, 7) is 4.20. The number of anilines is 1. The van der Waals surface area contributed by atoms with Gasteiger partial charge in [-0.25, -0.2) is 4.79 Å². The lowest BCUT2D eigenvalue weighted by Crippen LogP contribution is -2.36. The summed E-state index contributed by atoms with van der Waals surface area (Å²) in [6, 6.07) is 5.81. The summed E-state index contributed by atoms with van der Waals surface area (Å²) in [5, 5.41) is 0. The van der Waals surface area contributed by atoms with Crippen LogP contribution in [0.1, 0.15) is 19.4 Å². The summed E-state index contributed by atoms with van der Waals surface area (Å²) >= 11 is 0. The number of fused-ring (bicyclic) bond motifs is 1. The van der Waals surface area contributed by atoms with Gasteiger partial charge in [0.2, 0.25) is 0 Å². The first-order chi connectivity index (χ1) is 9.08. The second-order valence-corrected chi connectivity index (χ2v) is 4.53. The Morgan fingerprint density at radius 2 is 2.16 bits per heavy atom. The second-order valence-electron chi connectivity index (χ2n) is 4.53. The number of carbonyl (C=O) groups excluding carboxylic acids is 1. The zero-order chi connectivity index (χ0) is 14.0. The number of rotatable bonds is 3. The molecule has 0 radical (unpaired) electrons. The minimum atomic E-state index is -0.247. The Bertz CT molecular complexity index is 522. The standard InChI is InChI=1S/C15H19NO3/c1-5-19-15(17)13-8-11-6-7-12(18-4)9-14(11)16(3)10(13)2/h6-10H,5H2,1-4H3. The van der Waals surface area contributed by atoms with Gasteiger partial charge in [-0.05, 0) is 37.6 Å². The van der Waals surface area contributed by atoms with Crippen molar-refractivity contribution in [3.8, 4) is 5.75 Å². The maximum atomic E-state index is 11.9. The molecule has 0 bridgehead atoms. The first-order valence-electron chi connectivity index (χ1n) is 6.38. The van der Waals surface area contributed by atoms with Crippen LogP contribution in [0, 0.1) is 0 Å². The Balaban J connectivity index is 2.43. The Morgan fingerprint density at radius 1 is 1.42 bits per heavy atom. The summed E-state index contributed by atoms with van der Waals surface area (Å²) < 4.78 is 10.3. The van der Waals surface area contributed by atoms with Gasteiger partial charge in [0.25, 0.3) is 0 Å². The number of hydrogen-bond donors (Lipinski definition) is 0. The van der Waals surface area contributed by atoms with Crippen LogP contribution < -0.4 is 9.64 Å². The topological polar surface area (TPSA) is 38.8 Å². The number of ether oxygens (including phenoxy) is 2. The Morgan fingerprint density at radius 3 is 2.79 bits per heavy atom. The van der Waals surface area contributed by atoms with Crippen LogP contribution in [0.2, 0.25) is 0 Å². The number of likely N-dealkylation sites (N-methyl/N-ethyl adjacent to an activating group) is 1. The number of methoxy groups -OCH3 is 1. The molecule has 0 aromatic heterocycles. The van der Waals surface area contributed by atoms with Crippen molar-refractivity contribution in [2.75, 3.05) is 25.7 Å². The predicted molar refractivity (Wildman–Crippen MR) is 75.5 cm³/mol. The van der Waals surface area contributed by atoms with Crippen LogP contribution in [0.4, 0.5) is 5.69 Å². The molecule has 0 saturated carbocycles. The van der Waals surface area contributed by atoms with Gasteiger partial charge >= 0.3 is 5.97 Å². The van der Waals surface area contributed by atoms with Crippen molar-refractivity contribution < 1.29 is 14.3 Å². The Hall–Kier alpha value is -1.97. The molecule has 0 N–H and O–H groups in total. The highest BCUT2D eigenvalue weighted by Gasteiger charge is 2.27. The van der Waals surface area contributed by atoms with Gasteiger partial charge < -0.3 is 14.4 Å². The molecule has 4 heteroatoms. The molecule has 1 atom stereocenters. The van der Waals surface area contributed by atoms with Crippen molar-refractivity contribution in [3.05, 3.63) is 29.3 Å². The maximum Gasteiger partial charge on any atom is 0.336 e. The lowest BCUT2D eigenvalue weighted by Gasteiger charge is -2.33. The minimum Gasteiger partial charge on any atom is -0.497 e. The van der Waals surface area contributed by atoms with Crippen LogP contribution in [0.15, 0.2) is 23.8 Å². The molecule has 19 heavy (non-hydrogen) atoms. The van der Waals surface area contributed by atoms with Gasteiger partial charge in [0.1, 0.15) is 5.75 Å². The van der Waals surface area contributed by atoms with Crippen LogP contribution >= 0.6 is 0 Å². The molecule has 0 fully saturated rings. The van der Waals surface area contributed by atoms with Crippen molar-refractivity contribution in [1.29, 1.82) is 0 Å².